The molecule has 2 aromatic carbocycles. The number of anilines is 2. The van der Waals surface area contributed by atoms with E-state index in [0.717, 1.165) is 12.1 Å². The second-order valence-corrected chi connectivity index (χ2v) is 4.23. The van der Waals surface area contributed by atoms with E-state index in [1.165, 1.54) is 36.4 Å². The smallest absolute Gasteiger partial charge is 0.314 e. The third-order valence-electron chi connectivity index (χ3n) is 2.60. The zero-order valence-corrected chi connectivity index (χ0v) is 11.1. The van der Waals surface area contributed by atoms with Gasteiger partial charge in [0.1, 0.15) is 5.82 Å². The van der Waals surface area contributed by atoms with Gasteiger partial charge in [0.15, 0.2) is 0 Å². The number of nitrogens with zero attached hydrogens (tertiary/aromatic N) is 1. The van der Waals surface area contributed by atoms with Crippen LogP contribution in [0.4, 0.5) is 21.5 Å². The second kappa shape index (κ2) is 6.44. The number of nitrogens with one attached hydrogen (secondary N) is 2. The largest absolute Gasteiger partial charge is 0.318 e. The molecule has 2 rings (SSSR count). The van der Waals surface area contributed by atoms with Crippen LogP contribution >= 0.6 is 0 Å². The first-order valence-electron chi connectivity index (χ1n) is 6.08. The maximum absolute atomic E-state index is 13.0. The molecule has 0 saturated carbocycles. The van der Waals surface area contributed by atoms with Gasteiger partial charge in [-0.3, -0.25) is 19.7 Å². The van der Waals surface area contributed by atoms with E-state index in [4.69, 9.17) is 0 Å². The van der Waals surface area contributed by atoms with Crippen molar-refractivity contribution in [2.24, 2.45) is 0 Å². The summed E-state index contributed by atoms with van der Waals surface area (Å²) < 4.78 is 13.0. The number of non-ortho nitro benzene ring substituents is 1. The summed E-state index contributed by atoms with van der Waals surface area (Å²) in [6.45, 7) is 0. The van der Waals surface area contributed by atoms with Gasteiger partial charge in [-0.05, 0) is 24.3 Å². The fraction of sp³-hybridized carbons (Fsp3) is 0. The van der Waals surface area contributed by atoms with Crippen LogP contribution in [-0.4, -0.2) is 16.7 Å². The number of carbonyl (C=O) groups is 2. The second-order valence-electron chi connectivity index (χ2n) is 4.23. The molecule has 8 heteroatoms. The third kappa shape index (κ3) is 3.85. The minimum atomic E-state index is -1.02. The molecule has 2 aromatic rings. The maximum Gasteiger partial charge on any atom is 0.314 e. The summed E-state index contributed by atoms with van der Waals surface area (Å²) in [6, 6.07) is 10.2. The van der Waals surface area contributed by atoms with E-state index in [0.29, 0.717) is 0 Å². The van der Waals surface area contributed by atoms with E-state index in [-0.39, 0.29) is 17.1 Å². The normalized spacial score (nSPS) is 9.86. The number of nitro benzene ring substituents is 1. The lowest BCUT2D eigenvalue weighted by molar-refractivity contribution is -0.384. The zero-order chi connectivity index (χ0) is 16.1. The number of hydrogen-bond donors (Lipinski definition) is 2. The molecule has 0 heterocycles. The van der Waals surface area contributed by atoms with Crippen LogP contribution in [0.25, 0.3) is 0 Å². The summed E-state index contributed by atoms with van der Waals surface area (Å²) in [7, 11) is 0. The quantitative estimate of drug-likeness (QED) is 0.516. The molecular formula is C14H10FN3O4. The molecule has 2 N–H and O–H groups in total. The van der Waals surface area contributed by atoms with Crippen LogP contribution in [0, 0.1) is 15.9 Å². The van der Waals surface area contributed by atoms with Gasteiger partial charge >= 0.3 is 11.8 Å². The van der Waals surface area contributed by atoms with Crippen LogP contribution < -0.4 is 10.6 Å². The highest BCUT2D eigenvalue weighted by Crippen LogP contribution is 2.17. The summed E-state index contributed by atoms with van der Waals surface area (Å²) in [6.07, 6.45) is 0. The Hall–Kier alpha value is -3.29. The fourth-order valence-electron chi connectivity index (χ4n) is 1.64. The van der Waals surface area contributed by atoms with Gasteiger partial charge in [-0.1, -0.05) is 12.1 Å². The summed E-state index contributed by atoms with van der Waals surface area (Å²) in [4.78, 5) is 33.4. The van der Waals surface area contributed by atoms with E-state index in [9.17, 15) is 24.1 Å². The number of halogens is 1. The minimum Gasteiger partial charge on any atom is -0.318 e. The molecule has 0 atom stereocenters. The van der Waals surface area contributed by atoms with Crippen LogP contribution in [0.2, 0.25) is 0 Å². The lowest BCUT2D eigenvalue weighted by Crippen LogP contribution is -2.29. The lowest BCUT2D eigenvalue weighted by Gasteiger charge is -2.06. The highest BCUT2D eigenvalue weighted by molar-refractivity contribution is 6.43. The molecule has 0 bridgehead atoms. The van der Waals surface area contributed by atoms with Crippen LogP contribution in [0.3, 0.4) is 0 Å². The molecule has 0 fully saturated rings. The number of amides is 2. The Kier molecular flexibility index (Phi) is 4.42. The van der Waals surface area contributed by atoms with E-state index in [2.05, 4.69) is 10.6 Å². The summed E-state index contributed by atoms with van der Waals surface area (Å²) in [5.74, 6) is -2.60. The first kappa shape index (κ1) is 15.1. The monoisotopic (exact) mass is 303 g/mol. The standard InChI is InChI=1S/C14H10FN3O4/c15-9-3-1-4-10(7-9)16-13(19)14(20)17-11-5-2-6-12(8-11)18(21)22/h1-8H,(H,16,19)(H,17,20). The Balaban J connectivity index is 2.04. The Morgan fingerprint density at radius 1 is 0.955 bits per heavy atom. The lowest BCUT2D eigenvalue weighted by atomic mass is 10.2. The van der Waals surface area contributed by atoms with Gasteiger partial charge in [-0.2, -0.15) is 0 Å². The van der Waals surface area contributed by atoms with Crippen molar-refractivity contribution in [2.75, 3.05) is 10.6 Å². The van der Waals surface area contributed by atoms with Gasteiger partial charge < -0.3 is 10.6 Å². The summed E-state index contributed by atoms with van der Waals surface area (Å²) in [5, 5.41) is 15.1. The van der Waals surface area contributed by atoms with Gasteiger partial charge in [-0.15, -0.1) is 0 Å². The van der Waals surface area contributed by atoms with Crippen LogP contribution in [0.5, 0.6) is 0 Å². The van der Waals surface area contributed by atoms with Crippen molar-refractivity contribution in [1.29, 1.82) is 0 Å². The van der Waals surface area contributed by atoms with E-state index < -0.39 is 22.6 Å². The van der Waals surface area contributed by atoms with Crippen molar-refractivity contribution in [3.63, 3.8) is 0 Å². The molecule has 0 saturated heterocycles. The molecule has 0 aromatic heterocycles. The van der Waals surface area contributed by atoms with Crippen LogP contribution in [0.15, 0.2) is 48.5 Å². The number of hydrogen-bond acceptors (Lipinski definition) is 4. The predicted octanol–water partition coefficient (Wildman–Crippen LogP) is 2.31. The van der Waals surface area contributed by atoms with Gasteiger partial charge in [0, 0.05) is 23.5 Å². The van der Waals surface area contributed by atoms with Crippen molar-refractivity contribution in [1.82, 2.24) is 0 Å². The zero-order valence-electron chi connectivity index (χ0n) is 11.1. The predicted molar refractivity (Wildman–Crippen MR) is 76.8 cm³/mol. The van der Waals surface area contributed by atoms with Gasteiger partial charge in [-0.25, -0.2) is 4.39 Å². The van der Waals surface area contributed by atoms with Gasteiger partial charge in [0.05, 0.1) is 4.92 Å². The summed E-state index contributed by atoms with van der Waals surface area (Å²) >= 11 is 0. The minimum absolute atomic E-state index is 0.105. The van der Waals surface area contributed by atoms with Gasteiger partial charge in [0.2, 0.25) is 0 Å². The molecule has 7 nitrogen and oxygen atoms in total. The van der Waals surface area contributed by atoms with E-state index >= 15 is 0 Å². The Morgan fingerprint density at radius 3 is 2.05 bits per heavy atom. The van der Waals surface area contributed by atoms with Gasteiger partial charge in [0.25, 0.3) is 5.69 Å². The average molecular weight is 303 g/mol. The third-order valence-corrected chi connectivity index (χ3v) is 2.60. The molecule has 0 aliphatic rings. The first-order valence-corrected chi connectivity index (χ1v) is 6.08. The molecule has 0 aliphatic carbocycles. The number of nitro groups is 1. The number of carbonyl (C=O) groups excluding carboxylic acids is 2. The first-order chi connectivity index (χ1) is 10.5. The maximum atomic E-state index is 13.0. The highest BCUT2D eigenvalue weighted by atomic mass is 19.1. The highest BCUT2D eigenvalue weighted by Gasteiger charge is 2.15. The van der Waals surface area contributed by atoms with E-state index in [1.807, 2.05) is 0 Å². The molecule has 112 valence electrons. The SMILES string of the molecule is O=C(Nc1cccc(F)c1)C(=O)Nc1cccc([N+](=O)[O-])c1. The molecule has 2 amide bonds. The molecule has 22 heavy (non-hydrogen) atoms. The number of rotatable bonds is 3. The van der Waals surface area contributed by atoms with Crippen LogP contribution in [0.1, 0.15) is 0 Å². The average Bonchev–Trinajstić information content (AvgIpc) is 2.47. The molecule has 0 spiro atoms. The Morgan fingerprint density at radius 2 is 1.50 bits per heavy atom. The van der Waals surface area contributed by atoms with Crippen molar-refractivity contribution in [2.45, 2.75) is 0 Å². The van der Waals surface area contributed by atoms with Crippen molar-refractivity contribution in [3.8, 4) is 0 Å². The summed E-state index contributed by atoms with van der Waals surface area (Å²) in [5.41, 5.74) is 0.0103. The molecule has 0 aliphatic heterocycles. The Bertz CT molecular complexity index is 748. The van der Waals surface area contributed by atoms with Crippen molar-refractivity contribution < 1.29 is 18.9 Å². The van der Waals surface area contributed by atoms with Crippen molar-refractivity contribution >= 4 is 28.9 Å². The number of benzene rings is 2. The molecular weight excluding hydrogens is 293 g/mol. The van der Waals surface area contributed by atoms with Crippen LogP contribution in [-0.2, 0) is 9.59 Å². The topological polar surface area (TPSA) is 101 Å². The molecule has 0 radical (unpaired) electrons. The fourth-order valence-corrected chi connectivity index (χ4v) is 1.64. The van der Waals surface area contributed by atoms with E-state index in [1.54, 1.807) is 0 Å². The van der Waals surface area contributed by atoms with Crippen molar-refractivity contribution in [3.05, 3.63) is 64.5 Å². The Labute approximate surface area is 123 Å². The molecule has 0 unspecified atom stereocenters.